The van der Waals surface area contributed by atoms with Gasteiger partial charge in [0.05, 0.1) is 0 Å². The van der Waals surface area contributed by atoms with Crippen LogP contribution in [-0.2, 0) is 28.6 Å². The number of hydrogen-bond donors (Lipinski definition) is 0. The molecule has 0 aliphatic carbocycles. The highest BCUT2D eigenvalue weighted by atomic mass is 16.6. The van der Waals surface area contributed by atoms with Crippen molar-refractivity contribution in [2.75, 3.05) is 13.2 Å². The molecule has 288 valence electrons. The van der Waals surface area contributed by atoms with E-state index >= 15 is 0 Å². The Morgan fingerprint density at radius 3 is 1.34 bits per heavy atom. The van der Waals surface area contributed by atoms with E-state index in [-0.39, 0.29) is 37.5 Å². The average Bonchev–Trinajstić information content (AvgIpc) is 3.11. The van der Waals surface area contributed by atoms with Crippen LogP contribution in [0.2, 0.25) is 0 Å². The zero-order valence-electron chi connectivity index (χ0n) is 32.7. The fourth-order valence-corrected chi connectivity index (χ4v) is 5.46. The Bertz CT molecular complexity index is 902. The molecule has 0 bridgehead atoms. The number of rotatable bonds is 36. The summed E-state index contributed by atoms with van der Waals surface area (Å²) < 4.78 is 16.6. The van der Waals surface area contributed by atoms with Crippen molar-refractivity contribution in [1.29, 1.82) is 0 Å². The van der Waals surface area contributed by atoms with Crippen LogP contribution in [0, 0.1) is 0 Å². The van der Waals surface area contributed by atoms with Crippen LogP contribution in [0.25, 0.3) is 0 Å². The molecule has 1 atom stereocenters. The van der Waals surface area contributed by atoms with E-state index in [1.54, 1.807) is 0 Å². The van der Waals surface area contributed by atoms with Crippen molar-refractivity contribution in [2.24, 2.45) is 0 Å². The van der Waals surface area contributed by atoms with Gasteiger partial charge in [0, 0.05) is 19.3 Å². The van der Waals surface area contributed by atoms with Crippen LogP contribution >= 0.6 is 0 Å². The van der Waals surface area contributed by atoms with Gasteiger partial charge in [-0.2, -0.15) is 0 Å². The molecule has 0 saturated heterocycles. The second-order valence-corrected chi connectivity index (χ2v) is 13.5. The van der Waals surface area contributed by atoms with Crippen molar-refractivity contribution in [3.63, 3.8) is 0 Å². The molecule has 0 aliphatic rings. The van der Waals surface area contributed by atoms with Crippen LogP contribution in [0.3, 0.4) is 0 Å². The lowest BCUT2D eigenvalue weighted by molar-refractivity contribution is -0.167. The summed E-state index contributed by atoms with van der Waals surface area (Å²) in [6.07, 6.45) is 43.9. The monoisotopic (exact) mass is 701 g/mol. The van der Waals surface area contributed by atoms with E-state index in [2.05, 4.69) is 69.4 Å². The van der Waals surface area contributed by atoms with E-state index in [1.165, 1.54) is 77.0 Å². The standard InChI is InChI=1S/C44H76O6/c1-4-7-10-13-16-19-21-23-25-28-31-34-37-43(46)49-40-41(39-48-42(45)36-33-30-27-24-18-15-12-9-6-3)50-44(47)38-35-32-29-26-22-20-17-14-11-8-5-2/h8,11,16-17,19-20,26,29,41H,4-7,9-10,12-15,18,21-25,27-28,30-40H2,1-3H3/b11-8-,19-16-,20-17-,29-26-. The summed E-state index contributed by atoms with van der Waals surface area (Å²) in [6, 6.07) is 0. The SMILES string of the molecule is CC/C=C\C/C=C\C/C=C\CCCC(=O)OC(COC(=O)CCCCCCC/C=C\CCCCC)COC(=O)CCCCCCCCCCC. The van der Waals surface area contributed by atoms with Gasteiger partial charge in [-0.25, -0.2) is 0 Å². The highest BCUT2D eigenvalue weighted by Crippen LogP contribution is 2.13. The van der Waals surface area contributed by atoms with Gasteiger partial charge in [0.25, 0.3) is 0 Å². The summed E-state index contributed by atoms with van der Waals surface area (Å²) in [5.41, 5.74) is 0. The smallest absolute Gasteiger partial charge is 0.306 e. The first-order valence-corrected chi connectivity index (χ1v) is 20.6. The van der Waals surface area contributed by atoms with Gasteiger partial charge in [-0.1, -0.05) is 153 Å². The molecule has 50 heavy (non-hydrogen) atoms. The van der Waals surface area contributed by atoms with Crippen LogP contribution in [0.5, 0.6) is 0 Å². The quantitative estimate of drug-likeness (QED) is 0.0280. The van der Waals surface area contributed by atoms with Gasteiger partial charge < -0.3 is 14.2 Å². The van der Waals surface area contributed by atoms with Crippen LogP contribution in [0.4, 0.5) is 0 Å². The molecule has 0 aromatic carbocycles. The molecule has 1 unspecified atom stereocenters. The molecule has 0 saturated carbocycles. The van der Waals surface area contributed by atoms with E-state index in [1.807, 2.05) is 0 Å². The minimum absolute atomic E-state index is 0.0952. The van der Waals surface area contributed by atoms with Gasteiger partial charge in [-0.3, -0.25) is 14.4 Å². The number of carbonyl (C=O) groups excluding carboxylic acids is 3. The third kappa shape index (κ3) is 36.6. The molecule has 0 aliphatic heterocycles. The van der Waals surface area contributed by atoms with Gasteiger partial charge in [-0.05, 0) is 70.6 Å². The largest absolute Gasteiger partial charge is 0.462 e. The first kappa shape index (κ1) is 47.4. The molecular formula is C44H76O6. The fraction of sp³-hybridized carbons (Fsp3) is 0.750. The highest BCUT2D eigenvalue weighted by Gasteiger charge is 2.19. The maximum Gasteiger partial charge on any atom is 0.306 e. The zero-order chi connectivity index (χ0) is 36.6. The molecule has 6 heteroatoms. The summed E-state index contributed by atoms with van der Waals surface area (Å²) >= 11 is 0. The Kier molecular flexibility index (Phi) is 37.1. The van der Waals surface area contributed by atoms with Gasteiger partial charge in [0.2, 0.25) is 0 Å². The minimum atomic E-state index is -0.795. The topological polar surface area (TPSA) is 78.9 Å². The van der Waals surface area contributed by atoms with E-state index in [9.17, 15) is 14.4 Å². The molecule has 6 nitrogen and oxygen atoms in total. The maximum absolute atomic E-state index is 12.6. The van der Waals surface area contributed by atoms with Crippen molar-refractivity contribution in [1.82, 2.24) is 0 Å². The molecular weight excluding hydrogens is 624 g/mol. The number of unbranched alkanes of at least 4 members (excludes halogenated alkanes) is 17. The number of carbonyl (C=O) groups is 3. The third-order valence-electron chi connectivity index (χ3n) is 8.57. The Morgan fingerprint density at radius 1 is 0.420 bits per heavy atom. The molecule has 0 spiro atoms. The highest BCUT2D eigenvalue weighted by molar-refractivity contribution is 5.71. The number of allylic oxidation sites excluding steroid dienone is 8. The van der Waals surface area contributed by atoms with E-state index in [0.717, 1.165) is 70.6 Å². The predicted octanol–water partition coefficient (Wildman–Crippen LogP) is 12.8. The molecule has 0 rings (SSSR count). The third-order valence-corrected chi connectivity index (χ3v) is 8.57. The number of esters is 3. The van der Waals surface area contributed by atoms with Crippen molar-refractivity contribution >= 4 is 17.9 Å². The molecule has 0 radical (unpaired) electrons. The second-order valence-electron chi connectivity index (χ2n) is 13.5. The van der Waals surface area contributed by atoms with Crippen LogP contribution in [0.15, 0.2) is 48.6 Å². The van der Waals surface area contributed by atoms with Crippen molar-refractivity contribution in [3.05, 3.63) is 48.6 Å². The Labute approximate surface area is 307 Å². The summed E-state index contributed by atoms with van der Waals surface area (Å²) in [6.45, 7) is 6.39. The normalized spacial score (nSPS) is 12.5. The van der Waals surface area contributed by atoms with E-state index < -0.39 is 6.10 Å². The molecule has 0 N–H and O–H groups in total. The lowest BCUT2D eigenvalue weighted by Crippen LogP contribution is -2.30. The van der Waals surface area contributed by atoms with Crippen molar-refractivity contribution in [3.8, 4) is 0 Å². The van der Waals surface area contributed by atoms with Crippen LogP contribution in [0.1, 0.15) is 194 Å². The van der Waals surface area contributed by atoms with E-state index in [4.69, 9.17) is 14.2 Å². The summed E-state index contributed by atoms with van der Waals surface area (Å²) in [7, 11) is 0. The van der Waals surface area contributed by atoms with Gasteiger partial charge >= 0.3 is 17.9 Å². The second kappa shape index (κ2) is 39.2. The summed E-state index contributed by atoms with van der Waals surface area (Å²) in [4.78, 5) is 37.5. The summed E-state index contributed by atoms with van der Waals surface area (Å²) in [5, 5.41) is 0. The molecule has 0 aromatic heterocycles. The average molecular weight is 701 g/mol. The molecule has 0 fully saturated rings. The van der Waals surface area contributed by atoms with Crippen molar-refractivity contribution in [2.45, 2.75) is 200 Å². The van der Waals surface area contributed by atoms with Gasteiger partial charge in [-0.15, -0.1) is 0 Å². The first-order valence-electron chi connectivity index (χ1n) is 20.6. The predicted molar refractivity (Wildman–Crippen MR) is 210 cm³/mol. The molecule has 0 amide bonds. The van der Waals surface area contributed by atoms with Gasteiger partial charge in [0.1, 0.15) is 13.2 Å². The zero-order valence-corrected chi connectivity index (χ0v) is 32.7. The van der Waals surface area contributed by atoms with E-state index in [0.29, 0.717) is 19.3 Å². The first-order chi connectivity index (χ1) is 24.5. The van der Waals surface area contributed by atoms with Gasteiger partial charge in [0.15, 0.2) is 6.10 Å². The minimum Gasteiger partial charge on any atom is -0.462 e. The summed E-state index contributed by atoms with van der Waals surface area (Å²) in [5.74, 6) is -0.969. The number of hydrogen-bond acceptors (Lipinski definition) is 6. The van der Waals surface area contributed by atoms with Crippen LogP contribution < -0.4 is 0 Å². The van der Waals surface area contributed by atoms with Crippen molar-refractivity contribution < 1.29 is 28.6 Å². The maximum atomic E-state index is 12.6. The number of ether oxygens (including phenoxy) is 3. The lowest BCUT2D eigenvalue weighted by atomic mass is 10.1. The lowest BCUT2D eigenvalue weighted by Gasteiger charge is -2.18. The molecule has 0 heterocycles. The Hall–Kier alpha value is -2.63. The Morgan fingerprint density at radius 2 is 0.800 bits per heavy atom. The Balaban J connectivity index is 4.46. The van der Waals surface area contributed by atoms with Crippen LogP contribution in [-0.4, -0.2) is 37.2 Å². The molecule has 0 aromatic rings. The fourth-order valence-electron chi connectivity index (χ4n) is 5.46.